The van der Waals surface area contributed by atoms with Crippen molar-refractivity contribution in [2.75, 3.05) is 6.61 Å². The minimum Gasteiger partial charge on any atom is -0.508 e. The van der Waals surface area contributed by atoms with Crippen LogP contribution < -0.4 is 5.73 Å². The van der Waals surface area contributed by atoms with Crippen molar-refractivity contribution in [3.8, 4) is 5.75 Å². The predicted octanol–water partition coefficient (Wildman–Crippen LogP) is 1.65. The summed E-state index contributed by atoms with van der Waals surface area (Å²) in [6.07, 6.45) is 0.0743. The van der Waals surface area contributed by atoms with Gasteiger partial charge in [-0.15, -0.1) is 0 Å². The zero-order valence-electron chi connectivity index (χ0n) is 9.56. The summed E-state index contributed by atoms with van der Waals surface area (Å²) in [6, 6.07) is 4.61. The first kappa shape index (κ1) is 12.5. The molecule has 4 nitrogen and oxygen atoms in total. The van der Waals surface area contributed by atoms with Crippen LogP contribution in [0.1, 0.15) is 30.5 Å². The quantitative estimate of drug-likeness (QED) is 0.761. The number of phenolic OH excluding ortho intramolecular Hbond substituents is 1. The molecule has 0 bridgehead atoms. The normalized spacial score (nSPS) is 12.2. The van der Waals surface area contributed by atoms with E-state index in [1.54, 1.807) is 25.1 Å². The average molecular weight is 223 g/mol. The molecule has 1 aromatic rings. The topological polar surface area (TPSA) is 72.5 Å². The zero-order valence-corrected chi connectivity index (χ0v) is 9.56. The summed E-state index contributed by atoms with van der Waals surface area (Å²) in [7, 11) is 0. The predicted molar refractivity (Wildman–Crippen MR) is 61.0 cm³/mol. The first-order valence-electron chi connectivity index (χ1n) is 5.25. The summed E-state index contributed by atoms with van der Waals surface area (Å²) >= 11 is 0. The molecule has 1 unspecified atom stereocenters. The number of ether oxygens (including phenoxy) is 1. The Balaban J connectivity index is 2.76. The zero-order chi connectivity index (χ0) is 12.1. The van der Waals surface area contributed by atoms with E-state index < -0.39 is 6.04 Å². The van der Waals surface area contributed by atoms with E-state index in [0.717, 1.165) is 5.56 Å². The van der Waals surface area contributed by atoms with Crippen LogP contribution in [0.5, 0.6) is 5.75 Å². The van der Waals surface area contributed by atoms with E-state index in [0.29, 0.717) is 12.2 Å². The van der Waals surface area contributed by atoms with Crippen molar-refractivity contribution < 1.29 is 14.6 Å². The van der Waals surface area contributed by atoms with Crippen molar-refractivity contribution in [1.29, 1.82) is 0 Å². The lowest BCUT2D eigenvalue weighted by atomic mass is 10.0. The van der Waals surface area contributed by atoms with E-state index in [1.807, 2.05) is 6.92 Å². The lowest BCUT2D eigenvalue weighted by Gasteiger charge is -2.13. The molecule has 1 aromatic carbocycles. The Hall–Kier alpha value is -1.55. The van der Waals surface area contributed by atoms with E-state index >= 15 is 0 Å². The Morgan fingerprint density at radius 1 is 1.56 bits per heavy atom. The Kier molecular flexibility index (Phi) is 4.31. The molecule has 0 aromatic heterocycles. The highest BCUT2D eigenvalue weighted by molar-refractivity contribution is 5.70. The molecule has 0 amide bonds. The molecular weight excluding hydrogens is 206 g/mol. The molecule has 1 rings (SSSR count). The van der Waals surface area contributed by atoms with Gasteiger partial charge in [-0.3, -0.25) is 4.79 Å². The summed E-state index contributed by atoms with van der Waals surface area (Å²) in [5.74, 6) is -0.238. The lowest BCUT2D eigenvalue weighted by Crippen LogP contribution is -2.17. The average Bonchev–Trinajstić information content (AvgIpc) is 2.21. The second kappa shape index (κ2) is 5.51. The number of rotatable bonds is 4. The Morgan fingerprint density at radius 3 is 2.88 bits per heavy atom. The van der Waals surface area contributed by atoms with Gasteiger partial charge in [-0.2, -0.15) is 0 Å². The molecule has 0 fully saturated rings. The Labute approximate surface area is 95.0 Å². The number of aryl methyl sites for hydroxylation is 1. The van der Waals surface area contributed by atoms with Crippen LogP contribution in [0.4, 0.5) is 0 Å². The third-order valence-electron chi connectivity index (χ3n) is 2.27. The van der Waals surface area contributed by atoms with Gasteiger partial charge in [0, 0.05) is 11.6 Å². The van der Waals surface area contributed by atoms with Crippen LogP contribution in [0.15, 0.2) is 18.2 Å². The van der Waals surface area contributed by atoms with Crippen molar-refractivity contribution in [2.24, 2.45) is 5.73 Å². The summed E-state index contributed by atoms with van der Waals surface area (Å²) < 4.78 is 4.80. The largest absolute Gasteiger partial charge is 0.508 e. The molecule has 0 aliphatic heterocycles. The first-order valence-corrected chi connectivity index (χ1v) is 5.25. The number of nitrogens with two attached hydrogens (primary N) is 1. The fraction of sp³-hybridized carbons (Fsp3) is 0.417. The molecule has 0 heterocycles. The number of benzene rings is 1. The molecule has 0 radical (unpaired) electrons. The molecule has 88 valence electrons. The molecule has 16 heavy (non-hydrogen) atoms. The van der Waals surface area contributed by atoms with Crippen LogP contribution in [-0.2, 0) is 9.53 Å². The number of carbonyl (C=O) groups is 1. The van der Waals surface area contributed by atoms with Crippen molar-refractivity contribution in [2.45, 2.75) is 26.3 Å². The van der Waals surface area contributed by atoms with Crippen molar-refractivity contribution >= 4 is 5.97 Å². The van der Waals surface area contributed by atoms with E-state index in [9.17, 15) is 9.90 Å². The third kappa shape index (κ3) is 3.24. The van der Waals surface area contributed by atoms with Crippen LogP contribution >= 0.6 is 0 Å². The lowest BCUT2D eigenvalue weighted by molar-refractivity contribution is -0.143. The van der Waals surface area contributed by atoms with Gasteiger partial charge in [0.15, 0.2) is 0 Å². The Bertz CT molecular complexity index is 377. The molecule has 0 saturated carbocycles. The van der Waals surface area contributed by atoms with Gasteiger partial charge in [-0.05, 0) is 19.9 Å². The number of hydrogen-bond donors (Lipinski definition) is 2. The summed E-state index contributed by atoms with van der Waals surface area (Å²) in [6.45, 7) is 3.99. The van der Waals surface area contributed by atoms with Gasteiger partial charge in [-0.1, -0.05) is 17.7 Å². The maximum Gasteiger partial charge on any atom is 0.307 e. The number of hydrogen-bond acceptors (Lipinski definition) is 4. The van der Waals surface area contributed by atoms with Gasteiger partial charge >= 0.3 is 5.97 Å². The molecule has 1 atom stereocenters. The van der Waals surface area contributed by atoms with Crippen LogP contribution in [-0.4, -0.2) is 17.7 Å². The second-order valence-electron chi connectivity index (χ2n) is 3.68. The number of esters is 1. The van der Waals surface area contributed by atoms with E-state index in [1.165, 1.54) is 0 Å². The summed E-state index contributed by atoms with van der Waals surface area (Å²) in [4.78, 5) is 11.2. The monoisotopic (exact) mass is 223 g/mol. The van der Waals surface area contributed by atoms with Gasteiger partial charge in [0.05, 0.1) is 13.0 Å². The van der Waals surface area contributed by atoms with Gasteiger partial charge in [-0.25, -0.2) is 0 Å². The van der Waals surface area contributed by atoms with Gasteiger partial charge < -0.3 is 15.6 Å². The molecule has 0 aliphatic carbocycles. The molecular formula is C12H17NO3. The molecule has 0 saturated heterocycles. The standard InChI is InChI=1S/C12H17NO3/c1-3-16-12(15)7-10(13)9-6-8(2)4-5-11(9)14/h4-6,10,14H,3,7,13H2,1-2H3. The van der Waals surface area contributed by atoms with Crippen LogP contribution in [0, 0.1) is 6.92 Å². The fourth-order valence-electron chi connectivity index (χ4n) is 1.48. The van der Waals surface area contributed by atoms with E-state index in [4.69, 9.17) is 10.5 Å². The van der Waals surface area contributed by atoms with Crippen LogP contribution in [0.25, 0.3) is 0 Å². The fourth-order valence-corrected chi connectivity index (χ4v) is 1.48. The minimum atomic E-state index is -0.529. The maximum atomic E-state index is 11.2. The molecule has 3 N–H and O–H groups in total. The van der Waals surface area contributed by atoms with Crippen molar-refractivity contribution in [3.63, 3.8) is 0 Å². The summed E-state index contributed by atoms with van der Waals surface area (Å²) in [5.41, 5.74) is 7.40. The van der Waals surface area contributed by atoms with Gasteiger partial charge in [0.2, 0.25) is 0 Å². The summed E-state index contributed by atoms with van der Waals surface area (Å²) in [5, 5.41) is 9.62. The number of carbonyl (C=O) groups excluding carboxylic acids is 1. The first-order chi connectivity index (χ1) is 7.54. The molecule has 0 aliphatic rings. The van der Waals surface area contributed by atoms with Crippen LogP contribution in [0.3, 0.4) is 0 Å². The van der Waals surface area contributed by atoms with E-state index in [2.05, 4.69) is 0 Å². The SMILES string of the molecule is CCOC(=O)CC(N)c1cc(C)ccc1O. The van der Waals surface area contributed by atoms with E-state index in [-0.39, 0.29) is 18.1 Å². The number of phenols is 1. The molecule has 4 heteroatoms. The smallest absolute Gasteiger partial charge is 0.307 e. The Morgan fingerprint density at radius 2 is 2.25 bits per heavy atom. The minimum absolute atomic E-state index is 0.0743. The highest BCUT2D eigenvalue weighted by Crippen LogP contribution is 2.25. The molecule has 0 spiro atoms. The van der Waals surface area contributed by atoms with Crippen molar-refractivity contribution in [3.05, 3.63) is 29.3 Å². The number of aromatic hydroxyl groups is 1. The maximum absolute atomic E-state index is 11.2. The van der Waals surface area contributed by atoms with Gasteiger partial charge in [0.25, 0.3) is 0 Å². The van der Waals surface area contributed by atoms with Gasteiger partial charge in [0.1, 0.15) is 5.75 Å². The highest BCUT2D eigenvalue weighted by atomic mass is 16.5. The van der Waals surface area contributed by atoms with Crippen LogP contribution in [0.2, 0.25) is 0 Å². The second-order valence-corrected chi connectivity index (χ2v) is 3.68. The van der Waals surface area contributed by atoms with Crippen molar-refractivity contribution in [1.82, 2.24) is 0 Å². The third-order valence-corrected chi connectivity index (χ3v) is 2.27. The highest BCUT2D eigenvalue weighted by Gasteiger charge is 2.15.